The van der Waals surface area contributed by atoms with Crippen LogP contribution in [0.5, 0.6) is 0 Å². The van der Waals surface area contributed by atoms with Crippen molar-refractivity contribution in [2.75, 3.05) is 11.9 Å². The second-order valence-electron chi connectivity index (χ2n) is 7.33. The van der Waals surface area contributed by atoms with E-state index >= 15 is 0 Å². The third-order valence-corrected chi connectivity index (χ3v) is 4.75. The molecule has 28 heavy (non-hydrogen) atoms. The van der Waals surface area contributed by atoms with Gasteiger partial charge >= 0.3 is 12.2 Å². The number of benzene rings is 1. The molecule has 1 heterocycles. The molecule has 1 fully saturated rings. The molecule has 4 amide bonds. The van der Waals surface area contributed by atoms with Crippen LogP contribution >= 0.6 is 11.6 Å². The lowest BCUT2D eigenvalue weighted by atomic mass is 9.92. The maximum Gasteiger partial charge on any atom is 0.417 e. The molecular weight excluding hydrogens is 399 g/mol. The summed E-state index contributed by atoms with van der Waals surface area (Å²) in [5.41, 5.74) is -2.34. The Hall–Kier alpha value is -2.29. The molecule has 1 atom stereocenters. The van der Waals surface area contributed by atoms with Crippen LogP contribution < -0.4 is 10.6 Å². The third-order valence-electron chi connectivity index (χ3n) is 4.42. The van der Waals surface area contributed by atoms with Crippen molar-refractivity contribution in [3.8, 4) is 0 Å². The van der Waals surface area contributed by atoms with Gasteiger partial charge in [-0.05, 0) is 43.9 Å². The smallest absolute Gasteiger partial charge is 0.325 e. The first-order valence-electron chi connectivity index (χ1n) is 8.64. The van der Waals surface area contributed by atoms with E-state index in [1.165, 1.54) is 6.07 Å². The van der Waals surface area contributed by atoms with Gasteiger partial charge in [-0.1, -0.05) is 25.4 Å². The molecular formula is C18H21ClF3N3O3. The summed E-state index contributed by atoms with van der Waals surface area (Å²) in [5.74, 6) is -1.01. The highest BCUT2D eigenvalue weighted by atomic mass is 35.5. The van der Waals surface area contributed by atoms with Crippen molar-refractivity contribution < 1.29 is 27.6 Å². The number of hydrogen-bond acceptors (Lipinski definition) is 3. The monoisotopic (exact) mass is 419 g/mol. The molecule has 1 aliphatic rings. The molecule has 6 nitrogen and oxygen atoms in total. The van der Waals surface area contributed by atoms with Crippen LogP contribution in [-0.4, -0.2) is 34.8 Å². The maximum atomic E-state index is 12.9. The van der Waals surface area contributed by atoms with E-state index in [0.29, 0.717) is 24.8 Å². The largest absolute Gasteiger partial charge is 0.417 e. The van der Waals surface area contributed by atoms with E-state index in [9.17, 15) is 27.6 Å². The maximum absolute atomic E-state index is 12.9. The summed E-state index contributed by atoms with van der Waals surface area (Å²) in [6, 6.07) is 2.20. The van der Waals surface area contributed by atoms with Crippen LogP contribution in [0.15, 0.2) is 18.2 Å². The van der Waals surface area contributed by atoms with Crippen LogP contribution in [0, 0.1) is 5.92 Å². The first-order valence-corrected chi connectivity index (χ1v) is 9.02. The highest BCUT2D eigenvalue weighted by Gasteiger charge is 2.47. The number of hydrogen-bond donors (Lipinski definition) is 2. The van der Waals surface area contributed by atoms with Gasteiger partial charge in [-0.3, -0.25) is 14.5 Å². The van der Waals surface area contributed by atoms with Gasteiger partial charge in [0.25, 0.3) is 5.91 Å². The summed E-state index contributed by atoms with van der Waals surface area (Å²) in [6.45, 7) is 4.95. The molecule has 0 radical (unpaired) electrons. The van der Waals surface area contributed by atoms with Gasteiger partial charge in [-0.2, -0.15) is 13.2 Å². The van der Waals surface area contributed by atoms with E-state index in [4.69, 9.17) is 11.6 Å². The number of amides is 4. The Balaban J connectivity index is 2.07. The molecule has 1 aromatic carbocycles. The van der Waals surface area contributed by atoms with Gasteiger partial charge in [0.1, 0.15) is 12.1 Å². The van der Waals surface area contributed by atoms with Crippen LogP contribution in [0.4, 0.5) is 23.7 Å². The van der Waals surface area contributed by atoms with Gasteiger partial charge in [0.15, 0.2) is 0 Å². The molecule has 2 N–H and O–H groups in total. The fourth-order valence-corrected chi connectivity index (χ4v) is 3.03. The Kier molecular flexibility index (Phi) is 6.27. The fraction of sp³-hybridized carbons (Fsp3) is 0.500. The van der Waals surface area contributed by atoms with Gasteiger partial charge in [0.05, 0.1) is 10.6 Å². The Morgan fingerprint density at radius 1 is 1.32 bits per heavy atom. The van der Waals surface area contributed by atoms with Crippen molar-refractivity contribution in [1.29, 1.82) is 0 Å². The zero-order chi connectivity index (χ0) is 21.3. The Morgan fingerprint density at radius 2 is 1.96 bits per heavy atom. The van der Waals surface area contributed by atoms with Crippen molar-refractivity contribution in [1.82, 2.24) is 10.2 Å². The number of nitrogens with one attached hydrogen (secondary N) is 2. The molecule has 0 aromatic heterocycles. The normalized spacial score (nSPS) is 19.9. The summed E-state index contributed by atoms with van der Waals surface area (Å²) >= 11 is 5.54. The van der Waals surface area contributed by atoms with Gasteiger partial charge in [-0.15, -0.1) is 0 Å². The van der Waals surface area contributed by atoms with E-state index in [0.717, 1.165) is 11.0 Å². The van der Waals surface area contributed by atoms with Crippen LogP contribution in [0.2, 0.25) is 5.02 Å². The molecule has 1 saturated heterocycles. The van der Waals surface area contributed by atoms with Crippen molar-refractivity contribution >= 4 is 35.1 Å². The highest BCUT2D eigenvalue weighted by molar-refractivity contribution is 6.31. The molecule has 1 aromatic rings. The fourth-order valence-electron chi connectivity index (χ4n) is 2.80. The molecule has 0 aliphatic carbocycles. The van der Waals surface area contributed by atoms with Crippen molar-refractivity contribution in [3.63, 3.8) is 0 Å². The number of alkyl halides is 3. The molecule has 0 unspecified atom stereocenters. The quantitative estimate of drug-likeness (QED) is 0.683. The van der Waals surface area contributed by atoms with Gasteiger partial charge in [0.2, 0.25) is 5.91 Å². The van der Waals surface area contributed by atoms with Crippen molar-refractivity contribution in [2.45, 2.75) is 45.3 Å². The number of halogens is 4. The van der Waals surface area contributed by atoms with Gasteiger partial charge < -0.3 is 10.6 Å². The zero-order valence-electron chi connectivity index (χ0n) is 15.6. The van der Waals surface area contributed by atoms with E-state index in [-0.39, 0.29) is 5.69 Å². The highest BCUT2D eigenvalue weighted by Crippen LogP contribution is 2.36. The second kappa shape index (κ2) is 7.98. The standard InChI is InChI=1S/C18H21ClF3N3O3/c1-10(2)6-7-17(3)15(27)25(16(28)24-17)9-14(26)23-11-4-5-13(19)12(8-11)18(20,21)22/h4-5,8,10H,6-7,9H2,1-3H3,(H,23,26)(H,24,28)/t17-/m1/s1. The molecule has 10 heteroatoms. The SMILES string of the molecule is CC(C)CC[C@@]1(C)NC(=O)N(CC(=O)Nc2ccc(Cl)c(C(F)(F)F)c2)C1=O. The minimum absolute atomic E-state index is 0.142. The first kappa shape index (κ1) is 22.0. The summed E-state index contributed by atoms with van der Waals surface area (Å²) < 4.78 is 38.7. The Bertz CT molecular complexity index is 798. The molecule has 0 saturated carbocycles. The lowest BCUT2D eigenvalue weighted by Gasteiger charge is -2.22. The summed E-state index contributed by atoms with van der Waals surface area (Å²) in [6.07, 6.45) is -3.56. The number of anilines is 1. The van der Waals surface area contributed by atoms with E-state index in [2.05, 4.69) is 10.6 Å². The number of carbonyl (C=O) groups excluding carboxylic acids is 3. The average molecular weight is 420 g/mol. The summed E-state index contributed by atoms with van der Waals surface area (Å²) in [5, 5.41) is 4.34. The number of urea groups is 1. The van der Waals surface area contributed by atoms with Crippen LogP contribution in [0.25, 0.3) is 0 Å². The second-order valence-corrected chi connectivity index (χ2v) is 7.73. The first-order chi connectivity index (χ1) is 12.8. The zero-order valence-corrected chi connectivity index (χ0v) is 16.4. The van der Waals surface area contributed by atoms with Crippen molar-refractivity contribution in [3.05, 3.63) is 28.8 Å². The summed E-state index contributed by atoms with van der Waals surface area (Å²) in [7, 11) is 0. The van der Waals surface area contributed by atoms with E-state index in [1.54, 1.807) is 6.92 Å². The molecule has 1 aliphatic heterocycles. The topological polar surface area (TPSA) is 78.5 Å². The minimum atomic E-state index is -4.68. The summed E-state index contributed by atoms with van der Waals surface area (Å²) in [4.78, 5) is 37.6. The number of rotatable bonds is 6. The molecule has 0 spiro atoms. The van der Waals surface area contributed by atoms with E-state index in [1.807, 2.05) is 13.8 Å². The average Bonchev–Trinajstić information content (AvgIpc) is 2.77. The van der Waals surface area contributed by atoms with Crippen LogP contribution in [0.1, 0.15) is 39.2 Å². The van der Waals surface area contributed by atoms with Gasteiger partial charge in [-0.25, -0.2) is 4.79 Å². The van der Waals surface area contributed by atoms with Crippen LogP contribution in [-0.2, 0) is 15.8 Å². The minimum Gasteiger partial charge on any atom is -0.325 e. The van der Waals surface area contributed by atoms with Crippen molar-refractivity contribution in [2.24, 2.45) is 5.92 Å². The number of imide groups is 1. The predicted molar refractivity (Wildman–Crippen MR) is 97.8 cm³/mol. The lowest BCUT2D eigenvalue weighted by molar-refractivity contribution is -0.137. The van der Waals surface area contributed by atoms with Gasteiger partial charge in [0, 0.05) is 5.69 Å². The molecule has 2 rings (SSSR count). The number of carbonyl (C=O) groups is 3. The van der Waals surface area contributed by atoms with Crippen LogP contribution in [0.3, 0.4) is 0 Å². The van der Waals surface area contributed by atoms with E-state index < -0.39 is 46.7 Å². The Labute approximate surface area is 165 Å². The molecule has 154 valence electrons. The number of nitrogens with zero attached hydrogens (tertiary/aromatic N) is 1. The lowest BCUT2D eigenvalue weighted by Crippen LogP contribution is -2.44. The predicted octanol–water partition coefficient (Wildman–Crippen LogP) is 4.04. The molecule has 0 bridgehead atoms. The third kappa shape index (κ3) is 4.95. The Morgan fingerprint density at radius 3 is 2.54 bits per heavy atom.